The first-order valence-electron chi connectivity index (χ1n) is 7.78. The monoisotopic (exact) mass is 308 g/mol. The minimum Gasteiger partial charge on any atom is -0.502 e. The smallest absolute Gasteiger partial charge is 0.334 e. The molecule has 3 N–H and O–H groups in total. The van der Waals surface area contributed by atoms with Crippen LogP contribution in [0.4, 0.5) is 11.4 Å². The van der Waals surface area contributed by atoms with Crippen LogP contribution >= 0.6 is 0 Å². The fourth-order valence-corrected chi connectivity index (χ4v) is 2.41. The number of Topliss-reactive ketones (excluding diaryl/α,β-unsaturated/α-hetero) is 1. The summed E-state index contributed by atoms with van der Waals surface area (Å²) < 4.78 is 0. The number of nitro groups is 1. The molecule has 22 heavy (non-hydrogen) atoms. The quantitative estimate of drug-likeness (QED) is 0.221. The largest absolute Gasteiger partial charge is 0.502 e. The molecule has 0 bridgehead atoms. The molecule has 0 spiro atoms. The summed E-state index contributed by atoms with van der Waals surface area (Å²) in [6, 6.07) is 2.49. The molecular formula is C16H24N2O4. The molecular weight excluding hydrogens is 284 g/mol. The second-order valence-electron chi connectivity index (χ2n) is 5.45. The van der Waals surface area contributed by atoms with Gasteiger partial charge < -0.3 is 10.8 Å². The molecule has 1 aromatic carbocycles. The first-order chi connectivity index (χ1) is 10.5. The van der Waals surface area contributed by atoms with E-state index in [4.69, 9.17) is 5.73 Å². The van der Waals surface area contributed by atoms with E-state index in [1.807, 2.05) is 0 Å². The normalized spacial score (nSPS) is 10.6. The summed E-state index contributed by atoms with van der Waals surface area (Å²) in [6.07, 6.45) is 7.98. The van der Waals surface area contributed by atoms with Gasteiger partial charge in [0.15, 0.2) is 11.5 Å². The molecule has 0 aliphatic carbocycles. The lowest BCUT2D eigenvalue weighted by atomic mass is 10.0. The molecule has 0 unspecified atom stereocenters. The first-order valence-corrected chi connectivity index (χ1v) is 7.78. The van der Waals surface area contributed by atoms with Gasteiger partial charge in [-0.3, -0.25) is 14.9 Å². The number of benzene rings is 1. The van der Waals surface area contributed by atoms with Crippen molar-refractivity contribution in [3.05, 3.63) is 27.8 Å². The standard InChI is InChI=1S/C16H24N2O4/c1-2-3-4-5-6-7-8-9-13(19)12-10-11-14(20)16(15(12)17)18(21)22/h10-11,20H,2-9,17H2,1H3. The van der Waals surface area contributed by atoms with E-state index in [0.29, 0.717) is 6.42 Å². The summed E-state index contributed by atoms with van der Waals surface area (Å²) in [5.41, 5.74) is 4.93. The maximum atomic E-state index is 12.1. The Morgan fingerprint density at radius 2 is 1.77 bits per heavy atom. The van der Waals surface area contributed by atoms with Crippen molar-refractivity contribution in [2.24, 2.45) is 0 Å². The van der Waals surface area contributed by atoms with Crippen LogP contribution in [0, 0.1) is 10.1 Å². The molecule has 0 saturated carbocycles. The van der Waals surface area contributed by atoms with Crippen molar-refractivity contribution in [3.8, 4) is 5.75 Å². The highest BCUT2D eigenvalue weighted by molar-refractivity contribution is 6.03. The third-order valence-corrected chi connectivity index (χ3v) is 3.69. The number of nitro benzene ring substituents is 1. The van der Waals surface area contributed by atoms with E-state index in [9.17, 15) is 20.0 Å². The van der Waals surface area contributed by atoms with Gasteiger partial charge in [0.2, 0.25) is 0 Å². The number of ketones is 1. The summed E-state index contributed by atoms with van der Waals surface area (Å²) >= 11 is 0. The first kappa shape index (κ1) is 17.9. The lowest BCUT2D eigenvalue weighted by Gasteiger charge is -2.07. The van der Waals surface area contributed by atoms with Gasteiger partial charge in [0.25, 0.3) is 0 Å². The Hall–Kier alpha value is -2.11. The number of unbranched alkanes of at least 4 members (excludes halogenated alkanes) is 6. The molecule has 122 valence electrons. The maximum Gasteiger partial charge on any atom is 0.334 e. The van der Waals surface area contributed by atoms with E-state index in [1.54, 1.807) is 0 Å². The van der Waals surface area contributed by atoms with E-state index in [-0.39, 0.29) is 17.0 Å². The zero-order valence-corrected chi connectivity index (χ0v) is 13.0. The highest BCUT2D eigenvalue weighted by Gasteiger charge is 2.23. The van der Waals surface area contributed by atoms with Gasteiger partial charge in [-0.25, -0.2) is 0 Å². The predicted octanol–water partition coefficient (Wildman–Crippen LogP) is 4.21. The Kier molecular flexibility index (Phi) is 7.36. The van der Waals surface area contributed by atoms with Crippen molar-refractivity contribution in [2.45, 2.75) is 58.3 Å². The summed E-state index contributed by atoms with van der Waals surface area (Å²) in [5, 5.41) is 20.3. The van der Waals surface area contributed by atoms with Crippen molar-refractivity contribution in [2.75, 3.05) is 5.73 Å². The average molecular weight is 308 g/mol. The lowest BCUT2D eigenvalue weighted by molar-refractivity contribution is -0.384. The summed E-state index contributed by atoms with van der Waals surface area (Å²) in [4.78, 5) is 22.2. The van der Waals surface area contributed by atoms with E-state index >= 15 is 0 Å². The molecule has 6 heteroatoms. The SMILES string of the molecule is CCCCCCCCCC(=O)c1ccc(O)c([N+](=O)[O-])c1N. The highest BCUT2D eigenvalue weighted by Crippen LogP contribution is 2.35. The number of carbonyl (C=O) groups excluding carboxylic acids is 1. The second kappa shape index (κ2) is 9.02. The van der Waals surface area contributed by atoms with Crippen LogP contribution in [0.1, 0.15) is 68.6 Å². The molecule has 0 radical (unpaired) electrons. The molecule has 0 aromatic heterocycles. The van der Waals surface area contributed by atoms with Crippen LogP contribution in [0.2, 0.25) is 0 Å². The Morgan fingerprint density at radius 1 is 1.18 bits per heavy atom. The Balaban J connectivity index is 2.53. The zero-order valence-electron chi connectivity index (χ0n) is 13.0. The van der Waals surface area contributed by atoms with Crippen molar-refractivity contribution in [3.63, 3.8) is 0 Å². The van der Waals surface area contributed by atoms with Crippen LogP contribution in [0.15, 0.2) is 12.1 Å². The number of carbonyl (C=O) groups is 1. The summed E-state index contributed by atoms with van der Waals surface area (Å²) in [7, 11) is 0. The summed E-state index contributed by atoms with van der Waals surface area (Å²) in [6.45, 7) is 2.17. The van der Waals surface area contributed by atoms with E-state index in [1.165, 1.54) is 31.7 Å². The number of hydrogen-bond donors (Lipinski definition) is 2. The van der Waals surface area contributed by atoms with Gasteiger partial charge in [-0.2, -0.15) is 0 Å². The van der Waals surface area contributed by atoms with Crippen LogP contribution < -0.4 is 5.73 Å². The number of phenols is 1. The van der Waals surface area contributed by atoms with Crippen LogP contribution in [-0.2, 0) is 0 Å². The molecule has 0 saturated heterocycles. The highest BCUT2D eigenvalue weighted by atomic mass is 16.6. The Bertz CT molecular complexity index is 529. The Morgan fingerprint density at radius 3 is 2.36 bits per heavy atom. The van der Waals surface area contributed by atoms with Gasteiger partial charge in [-0.05, 0) is 18.6 Å². The number of nitrogen functional groups attached to an aromatic ring is 1. The summed E-state index contributed by atoms with van der Waals surface area (Å²) in [5.74, 6) is -0.732. The number of hydrogen-bond acceptors (Lipinski definition) is 5. The molecule has 6 nitrogen and oxygen atoms in total. The van der Waals surface area contributed by atoms with E-state index in [0.717, 1.165) is 25.3 Å². The topological polar surface area (TPSA) is 106 Å². The molecule has 0 amide bonds. The third kappa shape index (κ3) is 5.02. The van der Waals surface area contributed by atoms with E-state index < -0.39 is 16.4 Å². The molecule has 0 atom stereocenters. The minimum atomic E-state index is -0.769. The average Bonchev–Trinajstić information content (AvgIpc) is 2.45. The van der Waals surface area contributed by atoms with Crippen molar-refractivity contribution in [1.29, 1.82) is 0 Å². The van der Waals surface area contributed by atoms with Crippen LogP contribution in [-0.4, -0.2) is 15.8 Å². The number of nitrogens with two attached hydrogens (primary N) is 1. The van der Waals surface area contributed by atoms with Gasteiger partial charge >= 0.3 is 5.69 Å². The lowest BCUT2D eigenvalue weighted by Crippen LogP contribution is -2.06. The van der Waals surface area contributed by atoms with Crippen LogP contribution in [0.3, 0.4) is 0 Å². The van der Waals surface area contributed by atoms with Gasteiger partial charge in [0.05, 0.1) is 4.92 Å². The molecule has 0 heterocycles. The van der Waals surface area contributed by atoms with Crippen molar-refractivity contribution < 1.29 is 14.8 Å². The van der Waals surface area contributed by atoms with E-state index in [2.05, 4.69) is 6.92 Å². The van der Waals surface area contributed by atoms with Gasteiger partial charge in [0.1, 0.15) is 5.69 Å². The fourth-order valence-electron chi connectivity index (χ4n) is 2.41. The molecule has 0 aliphatic heterocycles. The maximum absolute atomic E-state index is 12.1. The third-order valence-electron chi connectivity index (χ3n) is 3.69. The number of rotatable bonds is 10. The van der Waals surface area contributed by atoms with Gasteiger partial charge in [-0.15, -0.1) is 0 Å². The van der Waals surface area contributed by atoms with Gasteiger partial charge in [-0.1, -0.05) is 45.4 Å². The number of anilines is 1. The van der Waals surface area contributed by atoms with Crippen LogP contribution in [0.5, 0.6) is 5.75 Å². The Labute approximate surface area is 130 Å². The van der Waals surface area contributed by atoms with Crippen molar-refractivity contribution in [1.82, 2.24) is 0 Å². The second-order valence-corrected chi connectivity index (χ2v) is 5.45. The molecule has 1 aromatic rings. The minimum absolute atomic E-state index is 0.121. The predicted molar refractivity (Wildman–Crippen MR) is 86.1 cm³/mol. The number of aromatic hydroxyl groups is 1. The molecule has 1 rings (SSSR count). The number of phenolic OH excluding ortho intramolecular Hbond substituents is 1. The zero-order chi connectivity index (χ0) is 16.5. The fraction of sp³-hybridized carbons (Fsp3) is 0.562. The van der Waals surface area contributed by atoms with Crippen LogP contribution in [0.25, 0.3) is 0 Å². The molecule has 0 fully saturated rings. The van der Waals surface area contributed by atoms with Gasteiger partial charge in [0, 0.05) is 12.0 Å². The number of nitrogens with zero attached hydrogens (tertiary/aromatic N) is 1. The molecule has 0 aliphatic rings. The van der Waals surface area contributed by atoms with Crippen molar-refractivity contribution >= 4 is 17.2 Å².